The number of benzene rings is 1. The minimum Gasteiger partial charge on any atom is -0.497 e. The van der Waals surface area contributed by atoms with Crippen molar-refractivity contribution in [2.75, 3.05) is 25.1 Å². The highest BCUT2D eigenvalue weighted by Gasteiger charge is 2.30. The summed E-state index contributed by atoms with van der Waals surface area (Å²) in [5.74, 6) is 0.506. The van der Waals surface area contributed by atoms with Crippen LogP contribution in [-0.4, -0.2) is 42.3 Å². The van der Waals surface area contributed by atoms with Crippen molar-refractivity contribution in [2.24, 2.45) is 5.73 Å². The average molecular weight is 438 g/mol. The van der Waals surface area contributed by atoms with E-state index in [0.717, 1.165) is 11.8 Å². The molecule has 0 unspecified atom stereocenters. The van der Waals surface area contributed by atoms with Gasteiger partial charge in [-0.05, 0) is 36.1 Å². The Morgan fingerprint density at radius 1 is 1.35 bits per heavy atom. The molecule has 3 N–H and O–H groups in total. The standard InChI is InChI=1S/C22H23N5O3S/c1-3-16-17(10-23)21(27-9-8-14(28)12-27)26-22(18(16)11-24)31-19(20(25)29)13-4-6-15(30-2)7-5-13/h4-7,14,19,28H,3,8-9,12H2,1-2H3,(H2,25,29)/t14-,19+/m0/s1. The van der Waals surface area contributed by atoms with E-state index in [0.29, 0.717) is 59.2 Å². The molecule has 2 heterocycles. The molecule has 1 fully saturated rings. The Morgan fingerprint density at radius 2 is 2.03 bits per heavy atom. The number of rotatable bonds is 7. The highest BCUT2D eigenvalue weighted by molar-refractivity contribution is 8.00. The molecular formula is C22H23N5O3S. The van der Waals surface area contributed by atoms with E-state index in [1.54, 1.807) is 31.4 Å². The summed E-state index contributed by atoms with van der Waals surface area (Å²) in [5.41, 5.74) is 7.53. The number of pyridine rings is 1. The van der Waals surface area contributed by atoms with Crippen LogP contribution in [0.1, 0.15) is 40.8 Å². The lowest BCUT2D eigenvalue weighted by molar-refractivity contribution is -0.117. The van der Waals surface area contributed by atoms with Crippen LogP contribution in [0.25, 0.3) is 0 Å². The molecule has 3 rings (SSSR count). The molecule has 1 aromatic heterocycles. The molecule has 0 spiro atoms. The van der Waals surface area contributed by atoms with Crippen molar-refractivity contribution in [1.29, 1.82) is 10.5 Å². The molecular weight excluding hydrogens is 414 g/mol. The van der Waals surface area contributed by atoms with Crippen LogP contribution in [0.3, 0.4) is 0 Å². The van der Waals surface area contributed by atoms with Gasteiger partial charge in [-0.15, -0.1) is 0 Å². The van der Waals surface area contributed by atoms with E-state index in [1.165, 1.54) is 0 Å². The second kappa shape index (κ2) is 9.69. The zero-order chi connectivity index (χ0) is 22.5. The fraction of sp³-hybridized carbons (Fsp3) is 0.364. The predicted molar refractivity (Wildman–Crippen MR) is 117 cm³/mol. The second-order valence-corrected chi connectivity index (χ2v) is 8.20. The van der Waals surface area contributed by atoms with E-state index in [2.05, 4.69) is 17.1 Å². The number of thioether (sulfide) groups is 1. The number of hydrogen-bond donors (Lipinski definition) is 2. The molecule has 9 heteroatoms. The molecule has 1 saturated heterocycles. The van der Waals surface area contributed by atoms with Gasteiger partial charge in [0.05, 0.1) is 24.3 Å². The smallest absolute Gasteiger partial charge is 0.235 e. The molecule has 2 atom stereocenters. The lowest BCUT2D eigenvalue weighted by atomic mass is 10.0. The molecule has 31 heavy (non-hydrogen) atoms. The molecule has 1 aromatic carbocycles. The van der Waals surface area contributed by atoms with Crippen molar-refractivity contribution in [2.45, 2.75) is 36.1 Å². The summed E-state index contributed by atoms with van der Waals surface area (Å²) in [5, 5.41) is 29.1. The van der Waals surface area contributed by atoms with E-state index in [-0.39, 0.29) is 5.56 Å². The number of β-amino-alcohol motifs (C(OH)–C–C–N with tert-alkyl or cyclic N) is 1. The monoisotopic (exact) mass is 437 g/mol. The zero-order valence-electron chi connectivity index (χ0n) is 17.3. The summed E-state index contributed by atoms with van der Waals surface area (Å²) in [6.45, 7) is 2.78. The first-order valence-electron chi connectivity index (χ1n) is 9.83. The van der Waals surface area contributed by atoms with Crippen molar-refractivity contribution in [1.82, 2.24) is 4.98 Å². The van der Waals surface area contributed by atoms with Gasteiger partial charge in [-0.2, -0.15) is 10.5 Å². The van der Waals surface area contributed by atoms with Crippen molar-refractivity contribution in [3.8, 4) is 17.9 Å². The van der Waals surface area contributed by atoms with Gasteiger partial charge in [-0.3, -0.25) is 4.79 Å². The number of aromatic nitrogens is 1. The SMILES string of the molecule is CCc1c(C#N)c(S[C@@H](C(N)=O)c2ccc(OC)cc2)nc(N2CC[C@H](O)C2)c1C#N. The summed E-state index contributed by atoms with van der Waals surface area (Å²) in [6.07, 6.45) is 0.532. The lowest BCUT2D eigenvalue weighted by Crippen LogP contribution is -2.25. The fourth-order valence-electron chi connectivity index (χ4n) is 3.61. The number of aliphatic hydroxyl groups excluding tert-OH is 1. The molecule has 0 radical (unpaired) electrons. The number of amides is 1. The molecule has 2 aromatic rings. The van der Waals surface area contributed by atoms with Gasteiger partial charge in [-0.25, -0.2) is 4.98 Å². The summed E-state index contributed by atoms with van der Waals surface area (Å²) in [6, 6.07) is 11.3. The first-order chi connectivity index (χ1) is 14.9. The Bertz CT molecular complexity index is 1060. The highest BCUT2D eigenvalue weighted by atomic mass is 32.2. The number of aliphatic hydroxyl groups is 1. The van der Waals surface area contributed by atoms with Gasteiger partial charge in [0.1, 0.15) is 34.0 Å². The van der Waals surface area contributed by atoms with Gasteiger partial charge < -0.3 is 20.5 Å². The predicted octanol–water partition coefficient (Wildman–Crippen LogP) is 2.29. The quantitative estimate of drug-likeness (QED) is 0.630. The maximum atomic E-state index is 12.3. The molecule has 160 valence electrons. The summed E-state index contributed by atoms with van der Waals surface area (Å²) in [4.78, 5) is 18.8. The van der Waals surface area contributed by atoms with Gasteiger partial charge in [0.15, 0.2) is 0 Å². The topological polar surface area (TPSA) is 136 Å². The van der Waals surface area contributed by atoms with Crippen molar-refractivity contribution in [3.63, 3.8) is 0 Å². The number of nitrogens with two attached hydrogens (primary N) is 1. The maximum Gasteiger partial charge on any atom is 0.235 e. The van der Waals surface area contributed by atoms with Gasteiger partial charge in [0.2, 0.25) is 5.91 Å². The van der Waals surface area contributed by atoms with Gasteiger partial charge in [0.25, 0.3) is 0 Å². The minimum atomic E-state index is -0.778. The van der Waals surface area contributed by atoms with Crippen LogP contribution in [0.5, 0.6) is 5.75 Å². The fourth-order valence-corrected chi connectivity index (χ4v) is 4.67. The third-order valence-corrected chi connectivity index (χ3v) is 6.45. The number of ether oxygens (including phenoxy) is 1. The van der Waals surface area contributed by atoms with Crippen molar-refractivity contribution in [3.05, 3.63) is 46.5 Å². The number of nitrogens with zero attached hydrogens (tertiary/aromatic N) is 4. The molecule has 1 amide bonds. The van der Waals surface area contributed by atoms with Crippen LogP contribution in [0.15, 0.2) is 29.3 Å². The number of primary amides is 1. The lowest BCUT2D eigenvalue weighted by Gasteiger charge is -2.22. The number of hydrogen-bond acceptors (Lipinski definition) is 8. The Hall–Kier alpha value is -3.27. The van der Waals surface area contributed by atoms with Crippen LogP contribution < -0.4 is 15.4 Å². The average Bonchev–Trinajstić information content (AvgIpc) is 3.22. The first kappa shape index (κ1) is 22.4. The summed E-state index contributed by atoms with van der Waals surface area (Å²) in [7, 11) is 1.55. The van der Waals surface area contributed by atoms with E-state index >= 15 is 0 Å². The minimum absolute atomic E-state index is 0.271. The normalized spacial score (nSPS) is 16.4. The van der Waals surface area contributed by atoms with E-state index in [9.17, 15) is 20.4 Å². The number of carbonyl (C=O) groups excluding carboxylic acids is 1. The Kier molecular flexibility index (Phi) is 7.01. The Labute approximate surface area is 185 Å². The second-order valence-electron chi connectivity index (χ2n) is 7.11. The maximum absolute atomic E-state index is 12.3. The van der Waals surface area contributed by atoms with E-state index < -0.39 is 17.3 Å². The van der Waals surface area contributed by atoms with Crippen LogP contribution in [0.4, 0.5) is 5.82 Å². The third-order valence-electron chi connectivity index (χ3n) is 5.19. The highest BCUT2D eigenvalue weighted by Crippen LogP contribution is 2.40. The Morgan fingerprint density at radius 3 is 2.52 bits per heavy atom. The van der Waals surface area contributed by atoms with Gasteiger partial charge >= 0.3 is 0 Å². The summed E-state index contributed by atoms with van der Waals surface area (Å²) < 4.78 is 5.17. The van der Waals surface area contributed by atoms with E-state index in [1.807, 2.05) is 11.8 Å². The molecule has 0 bridgehead atoms. The largest absolute Gasteiger partial charge is 0.497 e. The van der Waals surface area contributed by atoms with Gasteiger partial charge in [-0.1, -0.05) is 30.8 Å². The molecule has 0 saturated carbocycles. The third kappa shape index (κ3) is 4.58. The number of anilines is 1. The molecule has 0 aliphatic carbocycles. The van der Waals surface area contributed by atoms with E-state index in [4.69, 9.17) is 10.5 Å². The molecule has 1 aliphatic rings. The Balaban J connectivity index is 2.10. The van der Waals surface area contributed by atoms with Crippen LogP contribution in [0, 0.1) is 22.7 Å². The summed E-state index contributed by atoms with van der Waals surface area (Å²) >= 11 is 1.09. The van der Waals surface area contributed by atoms with Crippen molar-refractivity contribution < 1.29 is 14.6 Å². The van der Waals surface area contributed by atoms with Crippen LogP contribution >= 0.6 is 11.8 Å². The zero-order valence-corrected chi connectivity index (χ0v) is 18.1. The number of methoxy groups -OCH3 is 1. The van der Waals surface area contributed by atoms with Crippen LogP contribution in [0.2, 0.25) is 0 Å². The molecule has 8 nitrogen and oxygen atoms in total. The van der Waals surface area contributed by atoms with Gasteiger partial charge in [0, 0.05) is 13.1 Å². The van der Waals surface area contributed by atoms with Crippen molar-refractivity contribution >= 4 is 23.5 Å². The number of carbonyl (C=O) groups is 1. The molecule has 1 aliphatic heterocycles. The van der Waals surface area contributed by atoms with Crippen LogP contribution in [-0.2, 0) is 11.2 Å². The first-order valence-corrected chi connectivity index (χ1v) is 10.7. The number of nitriles is 2.